The second-order valence-electron chi connectivity index (χ2n) is 21.2. The van der Waals surface area contributed by atoms with E-state index in [9.17, 15) is 9.59 Å². The summed E-state index contributed by atoms with van der Waals surface area (Å²) in [6, 6.07) is 19.3. The molecule has 8 aromatic heterocycles. The maximum Gasteiger partial charge on any atom is 0.348 e. The van der Waals surface area contributed by atoms with Crippen molar-refractivity contribution in [2.45, 2.75) is 136 Å². The van der Waals surface area contributed by atoms with Gasteiger partial charge in [0, 0.05) is 85.4 Å². The first-order valence-corrected chi connectivity index (χ1v) is 39.1. The Balaban J connectivity index is 0.000000145. The predicted molar refractivity (Wildman–Crippen MR) is 340 cm³/mol. The molecule has 2 aromatic carbocycles. The number of hydrogen-bond acceptors (Lipinski definition) is 16. The van der Waals surface area contributed by atoms with Gasteiger partial charge >= 0.3 is 133 Å². The molecule has 0 bridgehead atoms. The van der Waals surface area contributed by atoms with E-state index in [1.165, 1.54) is 38.5 Å². The molecule has 2 unspecified atom stereocenters. The first-order chi connectivity index (χ1) is 40.1. The van der Waals surface area contributed by atoms with Crippen LogP contribution in [-0.2, 0) is 22.6 Å². The standard InChI is InChI=1S/C25H23N5O3S.C22H21BrN4O3.3C4H9.C3H2NS.Sn/c1-26-21-7-5-16(12-28-21)22-24-23(30(25(31)29-22)9-8-17-3-2-10-32-17)18-11-15(4-6-19(18)33-24)20-13-27-14-34-20;1-24-18-7-4-13(12-25-18)19-21-20(16-11-14(23)5-6-17(16)30-21)27(22(28)26-19)9-8-15-3-2-10-29-15;3*1-3-4-2;1-2-5-3-4-1;/h4-7,11-14,17H,2-3,8-10H2,1H3,(H,26,28);4-7,11-12,15H,2-3,8-10H2,1H3,(H,24,25);3*1,3-4H2,2H3;1,3H;. The zero-order valence-corrected chi connectivity index (χ0v) is 53.6. The number of thiazole rings is 2. The van der Waals surface area contributed by atoms with Gasteiger partial charge in [-0.15, -0.1) is 11.3 Å². The minimum absolute atomic E-state index is 0.172. The Morgan fingerprint density at radius 3 is 1.56 bits per heavy atom. The summed E-state index contributed by atoms with van der Waals surface area (Å²) in [5, 5.41) is 7.77. The van der Waals surface area contributed by atoms with Crippen molar-refractivity contribution in [2.24, 2.45) is 0 Å². The first-order valence-electron chi connectivity index (χ1n) is 29.0. The number of nitrogens with zero attached hydrogens (tertiary/aromatic N) is 8. The van der Waals surface area contributed by atoms with Crippen LogP contribution in [-0.4, -0.2) is 96.9 Å². The summed E-state index contributed by atoms with van der Waals surface area (Å²) in [5.74, 6) is 1.48. The first kappa shape index (κ1) is 59.3. The predicted octanol–water partition coefficient (Wildman–Crippen LogP) is 14.7. The van der Waals surface area contributed by atoms with Gasteiger partial charge in [-0.05, 0) is 105 Å². The van der Waals surface area contributed by atoms with E-state index in [-0.39, 0.29) is 23.6 Å². The van der Waals surface area contributed by atoms with Crippen LogP contribution >= 0.6 is 38.6 Å². The fraction of sp³-hybridized carbons (Fsp3) is 0.419. The molecule has 430 valence electrons. The van der Waals surface area contributed by atoms with E-state index in [1.807, 2.05) is 91.7 Å². The van der Waals surface area contributed by atoms with Gasteiger partial charge in [0.25, 0.3) is 0 Å². The van der Waals surface area contributed by atoms with E-state index in [0.29, 0.717) is 46.8 Å². The summed E-state index contributed by atoms with van der Waals surface area (Å²) in [5.41, 5.74) is 10.9. The van der Waals surface area contributed by atoms with Crippen LogP contribution in [0, 0.1) is 0 Å². The second kappa shape index (κ2) is 28.2. The maximum atomic E-state index is 13.3. The minimum atomic E-state index is -2.08. The number of rotatable bonds is 21. The van der Waals surface area contributed by atoms with Crippen molar-refractivity contribution in [1.82, 2.24) is 39.0 Å². The van der Waals surface area contributed by atoms with Crippen LogP contribution in [0.15, 0.2) is 119 Å². The molecule has 10 heterocycles. The van der Waals surface area contributed by atoms with Crippen molar-refractivity contribution in [2.75, 3.05) is 37.9 Å². The molecular formula is C62H73BrN10O6S2Sn. The zero-order valence-electron chi connectivity index (χ0n) is 47.5. The van der Waals surface area contributed by atoms with Crippen molar-refractivity contribution in [3.05, 3.63) is 122 Å². The van der Waals surface area contributed by atoms with Crippen molar-refractivity contribution < 1.29 is 18.3 Å². The smallest absolute Gasteiger partial charge is 0.348 e. The van der Waals surface area contributed by atoms with Gasteiger partial charge in [-0.2, -0.15) is 9.97 Å². The minimum Gasteiger partial charge on any atom is -0.452 e. The van der Waals surface area contributed by atoms with Gasteiger partial charge in [-0.1, -0.05) is 15.9 Å². The number of ether oxygens (including phenoxy) is 2. The molecule has 0 amide bonds. The number of fused-ring (bicyclic) bond motifs is 6. The quantitative estimate of drug-likeness (QED) is 0.0646. The molecule has 0 aliphatic carbocycles. The maximum absolute atomic E-state index is 13.3. The SMILES string of the molecule is CCC[CH2][Sn]([CH2]CCC)([CH2]CCC)[c]1cncs1.CNc1ccc(-c2nc(=O)n(CCC3CCCO3)c3c2oc2ccc(-c4cncs4)cc23)cn1.CNc1ccc(-c2nc(=O)n(CCC3CCCO3)c3c2oc2ccc(Br)cc23)cn1. The fourth-order valence-corrected chi connectivity index (χ4v) is 31.6. The third-order valence-corrected chi connectivity index (χ3v) is 36.2. The molecular weight excluding hydrogens is 1240 g/mol. The van der Waals surface area contributed by atoms with Crippen molar-refractivity contribution in [3.63, 3.8) is 0 Å². The van der Waals surface area contributed by atoms with Crippen molar-refractivity contribution in [1.29, 1.82) is 0 Å². The Labute approximate surface area is 498 Å². The van der Waals surface area contributed by atoms with Crippen LogP contribution in [0.5, 0.6) is 0 Å². The summed E-state index contributed by atoms with van der Waals surface area (Å²) < 4.78 is 34.9. The van der Waals surface area contributed by atoms with Crippen molar-refractivity contribution >= 4 is 116 Å². The number of aryl methyl sites for hydroxylation is 2. The van der Waals surface area contributed by atoms with Gasteiger partial charge in [-0.3, -0.25) is 14.1 Å². The molecule has 2 atom stereocenters. The van der Waals surface area contributed by atoms with Gasteiger partial charge in [0.1, 0.15) is 45.2 Å². The normalized spacial score (nSPS) is 15.3. The number of aromatic nitrogens is 8. The average molecular weight is 1320 g/mol. The Kier molecular flexibility index (Phi) is 20.4. The van der Waals surface area contributed by atoms with Gasteiger partial charge in [0.05, 0.1) is 22.6 Å². The summed E-state index contributed by atoms with van der Waals surface area (Å²) in [6.45, 7) is 9.64. The molecule has 0 radical (unpaired) electrons. The van der Waals surface area contributed by atoms with Crippen LogP contribution < -0.4 is 24.9 Å². The zero-order chi connectivity index (χ0) is 57.0. The Morgan fingerprint density at radius 1 is 0.622 bits per heavy atom. The van der Waals surface area contributed by atoms with E-state index >= 15 is 0 Å². The topological polar surface area (TPSA) is 190 Å². The molecule has 2 aliphatic heterocycles. The van der Waals surface area contributed by atoms with Crippen LogP contribution in [0.25, 0.3) is 77.1 Å². The molecule has 2 saturated heterocycles. The third kappa shape index (κ3) is 13.5. The average Bonchev–Trinajstić information content (AvgIpc) is 4.54. The van der Waals surface area contributed by atoms with Crippen LogP contribution in [0.1, 0.15) is 97.8 Å². The molecule has 0 saturated carbocycles. The molecule has 2 fully saturated rings. The molecule has 2 aliphatic rings. The molecule has 82 heavy (non-hydrogen) atoms. The molecule has 20 heteroatoms. The van der Waals surface area contributed by atoms with Gasteiger partial charge < -0.3 is 28.9 Å². The Bertz CT molecular complexity index is 3780. The Hall–Kier alpha value is -5.84. The number of furan rings is 2. The summed E-state index contributed by atoms with van der Waals surface area (Å²) in [6.07, 6.45) is 22.0. The van der Waals surface area contributed by atoms with E-state index < -0.39 is 18.4 Å². The van der Waals surface area contributed by atoms with E-state index in [0.717, 1.165) is 111 Å². The number of unbranched alkanes of at least 4 members (excludes halogenated alkanes) is 3. The number of nitrogens with one attached hydrogen (secondary N) is 2. The fourth-order valence-electron chi connectivity index (χ4n) is 11.3. The molecule has 0 spiro atoms. The van der Waals surface area contributed by atoms with Crippen LogP contribution in [0.4, 0.5) is 11.6 Å². The van der Waals surface area contributed by atoms with E-state index in [2.05, 4.69) is 95.0 Å². The van der Waals surface area contributed by atoms with Gasteiger partial charge in [-0.25, -0.2) is 19.6 Å². The number of halogens is 1. The second-order valence-corrected chi connectivity index (χ2v) is 38.1. The van der Waals surface area contributed by atoms with E-state index in [1.54, 1.807) is 49.1 Å². The number of benzene rings is 2. The van der Waals surface area contributed by atoms with Crippen LogP contribution in [0.3, 0.4) is 0 Å². The largest absolute Gasteiger partial charge is 0.452 e. The number of pyridine rings is 2. The molecule has 2 N–H and O–H groups in total. The number of hydrogen-bond donors (Lipinski definition) is 2. The number of anilines is 2. The third-order valence-electron chi connectivity index (χ3n) is 15.8. The Morgan fingerprint density at radius 2 is 1.12 bits per heavy atom. The summed E-state index contributed by atoms with van der Waals surface area (Å²) in [4.78, 5) is 53.7. The molecule has 16 nitrogen and oxygen atoms in total. The van der Waals surface area contributed by atoms with Gasteiger partial charge in [0.15, 0.2) is 11.2 Å². The van der Waals surface area contributed by atoms with Crippen LogP contribution in [0.2, 0.25) is 13.3 Å². The summed E-state index contributed by atoms with van der Waals surface area (Å²) >= 11 is 5.00. The summed E-state index contributed by atoms with van der Waals surface area (Å²) in [7, 11) is 3.62. The molecule has 10 aromatic rings. The molecule has 12 rings (SSSR count). The van der Waals surface area contributed by atoms with Crippen molar-refractivity contribution in [3.8, 4) is 33.0 Å². The van der Waals surface area contributed by atoms with E-state index in [4.69, 9.17) is 18.3 Å². The monoisotopic (exact) mass is 1320 g/mol. The van der Waals surface area contributed by atoms with Gasteiger partial charge in [0.2, 0.25) is 0 Å².